The number of carbonyl (C=O) groups is 2. The van der Waals surface area contributed by atoms with Crippen molar-refractivity contribution in [2.45, 2.75) is 32.9 Å². The van der Waals surface area contributed by atoms with Crippen LogP contribution in [0.5, 0.6) is 5.75 Å². The third-order valence-electron chi connectivity index (χ3n) is 5.59. The molecule has 3 heterocycles. The van der Waals surface area contributed by atoms with Crippen LogP contribution in [0.25, 0.3) is 0 Å². The van der Waals surface area contributed by atoms with Crippen molar-refractivity contribution >= 4 is 11.8 Å². The fourth-order valence-corrected chi connectivity index (χ4v) is 3.93. The summed E-state index contributed by atoms with van der Waals surface area (Å²) in [6, 6.07) is 7.51. The largest absolute Gasteiger partial charge is 0.497 e. The third kappa shape index (κ3) is 4.32. The first-order chi connectivity index (χ1) is 15.4. The van der Waals surface area contributed by atoms with Gasteiger partial charge in [-0.15, -0.1) is 0 Å². The van der Waals surface area contributed by atoms with Gasteiger partial charge in [-0.2, -0.15) is 5.10 Å². The highest BCUT2D eigenvalue weighted by molar-refractivity contribution is 5.96. The van der Waals surface area contributed by atoms with Crippen LogP contribution >= 0.6 is 0 Å². The molecule has 0 radical (unpaired) electrons. The second kappa shape index (κ2) is 8.78. The maximum absolute atomic E-state index is 13.2. The zero-order valence-electron chi connectivity index (χ0n) is 18.6. The number of fused-ring (bicyclic) bond motifs is 1. The Kier molecular flexibility index (Phi) is 5.89. The van der Waals surface area contributed by atoms with Crippen molar-refractivity contribution in [3.05, 3.63) is 70.6 Å². The molecular weight excluding hydrogens is 408 g/mol. The van der Waals surface area contributed by atoms with Crippen molar-refractivity contribution in [2.24, 2.45) is 7.05 Å². The van der Waals surface area contributed by atoms with Crippen LogP contribution in [0.2, 0.25) is 0 Å². The zero-order chi connectivity index (χ0) is 22.8. The minimum Gasteiger partial charge on any atom is -0.497 e. The first-order valence-corrected chi connectivity index (χ1v) is 10.4. The number of hydrogen-bond donors (Lipinski definition) is 1. The second-order valence-electron chi connectivity index (χ2n) is 7.93. The van der Waals surface area contributed by atoms with E-state index in [-0.39, 0.29) is 18.4 Å². The Morgan fingerprint density at radius 1 is 1.22 bits per heavy atom. The standard InChI is InChI=1S/C23H26N6O3/c1-14-19(10-24-15(2)26-14)23(31)29-12-17-11-28(3)27-21(17)20(13-29)22(30)25-9-16-5-7-18(32-4)8-6-16/h5-8,10-11,20H,9,12-13H2,1-4H3,(H,25,30). The van der Waals surface area contributed by atoms with E-state index in [9.17, 15) is 9.59 Å². The smallest absolute Gasteiger partial charge is 0.257 e. The minimum atomic E-state index is -0.561. The lowest BCUT2D eigenvalue weighted by molar-refractivity contribution is -0.123. The molecule has 1 N–H and O–H groups in total. The maximum atomic E-state index is 13.2. The number of carbonyl (C=O) groups excluding carboxylic acids is 2. The van der Waals surface area contributed by atoms with Gasteiger partial charge in [-0.05, 0) is 31.5 Å². The van der Waals surface area contributed by atoms with Crippen LogP contribution in [0, 0.1) is 13.8 Å². The molecule has 1 aliphatic heterocycles. The average molecular weight is 435 g/mol. The van der Waals surface area contributed by atoms with Crippen LogP contribution in [0.4, 0.5) is 0 Å². The van der Waals surface area contributed by atoms with Gasteiger partial charge in [0.1, 0.15) is 11.6 Å². The van der Waals surface area contributed by atoms with Crippen LogP contribution in [0.15, 0.2) is 36.7 Å². The van der Waals surface area contributed by atoms with E-state index in [1.54, 1.807) is 36.7 Å². The molecule has 0 spiro atoms. The summed E-state index contributed by atoms with van der Waals surface area (Å²) in [5, 5.41) is 7.49. The quantitative estimate of drug-likeness (QED) is 0.658. The van der Waals surface area contributed by atoms with Gasteiger partial charge in [0.2, 0.25) is 5.91 Å². The lowest BCUT2D eigenvalue weighted by Crippen LogP contribution is -2.43. The Bertz CT molecular complexity index is 1160. The predicted octanol–water partition coefficient (Wildman–Crippen LogP) is 1.89. The SMILES string of the molecule is COc1ccc(CNC(=O)C2CN(C(=O)c3cnc(C)nc3C)Cc3cn(C)nc32)cc1. The molecule has 1 aliphatic rings. The Hall–Kier alpha value is -3.75. The number of methoxy groups -OCH3 is 1. The lowest BCUT2D eigenvalue weighted by atomic mass is 9.95. The molecule has 1 unspecified atom stereocenters. The Labute approximate surface area is 186 Å². The van der Waals surface area contributed by atoms with Gasteiger partial charge in [0.15, 0.2) is 0 Å². The molecule has 4 rings (SSSR count). The summed E-state index contributed by atoms with van der Waals surface area (Å²) < 4.78 is 6.86. The van der Waals surface area contributed by atoms with E-state index < -0.39 is 5.92 Å². The van der Waals surface area contributed by atoms with Gasteiger partial charge in [0.25, 0.3) is 5.91 Å². The molecule has 0 saturated heterocycles. The van der Waals surface area contributed by atoms with E-state index in [4.69, 9.17) is 4.74 Å². The van der Waals surface area contributed by atoms with Crippen LogP contribution < -0.4 is 10.1 Å². The molecule has 1 atom stereocenters. The summed E-state index contributed by atoms with van der Waals surface area (Å²) >= 11 is 0. The fraction of sp³-hybridized carbons (Fsp3) is 0.348. The summed E-state index contributed by atoms with van der Waals surface area (Å²) in [6.07, 6.45) is 3.41. The van der Waals surface area contributed by atoms with Crippen LogP contribution in [0.1, 0.15) is 44.6 Å². The molecule has 0 fully saturated rings. The van der Waals surface area contributed by atoms with Gasteiger partial charge in [0, 0.05) is 44.6 Å². The Balaban J connectivity index is 1.53. The van der Waals surface area contributed by atoms with Crippen molar-refractivity contribution in [1.82, 2.24) is 30.0 Å². The zero-order valence-corrected chi connectivity index (χ0v) is 18.6. The first-order valence-electron chi connectivity index (χ1n) is 10.4. The van der Waals surface area contributed by atoms with Crippen molar-refractivity contribution in [3.63, 3.8) is 0 Å². The van der Waals surface area contributed by atoms with Gasteiger partial charge in [-0.25, -0.2) is 9.97 Å². The number of nitrogens with one attached hydrogen (secondary N) is 1. The number of rotatable bonds is 5. The number of hydrogen-bond acceptors (Lipinski definition) is 6. The molecule has 3 aromatic rings. The number of amides is 2. The summed E-state index contributed by atoms with van der Waals surface area (Å²) in [7, 11) is 3.43. The molecular formula is C23H26N6O3. The van der Waals surface area contributed by atoms with Crippen LogP contribution in [0.3, 0.4) is 0 Å². The third-order valence-corrected chi connectivity index (χ3v) is 5.59. The van der Waals surface area contributed by atoms with Crippen LogP contribution in [-0.4, -0.2) is 50.1 Å². The molecule has 9 nitrogen and oxygen atoms in total. The van der Waals surface area contributed by atoms with E-state index in [1.807, 2.05) is 37.5 Å². The van der Waals surface area contributed by atoms with Gasteiger partial charge in [-0.3, -0.25) is 14.3 Å². The average Bonchev–Trinajstić information content (AvgIpc) is 3.16. The molecule has 166 valence electrons. The van der Waals surface area contributed by atoms with E-state index in [0.29, 0.717) is 35.9 Å². The summed E-state index contributed by atoms with van der Waals surface area (Å²) in [4.78, 5) is 36.5. The van der Waals surface area contributed by atoms with E-state index in [2.05, 4.69) is 20.4 Å². The molecule has 32 heavy (non-hydrogen) atoms. The first kappa shape index (κ1) is 21.5. The predicted molar refractivity (Wildman–Crippen MR) is 117 cm³/mol. The number of benzene rings is 1. The minimum absolute atomic E-state index is 0.171. The number of aromatic nitrogens is 4. The van der Waals surface area contributed by atoms with Crippen molar-refractivity contribution in [2.75, 3.05) is 13.7 Å². The number of aryl methyl sites for hydroxylation is 3. The maximum Gasteiger partial charge on any atom is 0.257 e. The molecule has 2 aromatic heterocycles. The molecule has 0 saturated carbocycles. The number of ether oxygens (including phenoxy) is 1. The summed E-state index contributed by atoms with van der Waals surface area (Å²) in [5.74, 6) is 0.451. The Morgan fingerprint density at radius 2 is 1.97 bits per heavy atom. The highest BCUT2D eigenvalue weighted by Crippen LogP contribution is 2.29. The Morgan fingerprint density at radius 3 is 2.66 bits per heavy atom. The summed E-state index contributed by atoms with van der Waals surface area (Å²) in [5.41, 5.74) is 3.60. The van der Waals surface area contributed by atoms with Crippen molar-refractivity contribution in [1.29, 1.82) is 0 Å². The highest BCUT2D eigenvalue weighted by Gasteiger charge is 2.36. The van der Waals surface area contributed by atoms with Crippen molar-refractivity contribution < 1.29 is 14.3 Å². The number of nitrogens with zero attached hydrogens (tertiary/aromatic N) is 5. The normalized spacial score (nSPS) is 15.2. The summed E-state index contributed by atoms with van der Waals surface area (Å²) in [6.45, 7) is 4.58. The monoisotopic (exact) mass is 434 g/mol. The van der Waals surface area contributed by atoms with Crippen molar-refractivity contribution in [3.8, 4) is 5.75 Å². The molecule has 9 heteroatoms. The second-order valence-corrected chi connectivity index (χ2v) is 7.93. The van der Waals surface area contributed by atoms with Gasteiger partial charge in [0.05, 0.1) is 30.0 Å². The fourth-order valence-electron chi connectivity index (χ4n) is 3.93. The van der Waals surface area contributed by atoms with Gasteiger partial charge >= 0.3 is 0 Å². The van der Waals surface area contributed by atoms with Crippen LogP contribution in [-0.2, 0) is 24.9 Å². The van der Waals surface area contributed by atoms with Gasteiger partial charge in [-0.1, -0.05) is 12.1 Å². The van der Waals surface area contributed by atoms with Gasteiger partial charge < -0.3 is 15.0 Å². The molecule has 1 aromatic carbocycles. The molecule has 2 amide bonds. The molecule has 0 bridgehead atoms. The van der Waals surface area contributed by atoms with E-state index in [0.717, 1.165) is 16.9 Å². The van der Waals surface area contributed by atoms with E-state index in [1.165, 1.54) is 0 Å². The molecule has 0 aliphatic carbocycles. The lowest BCUT2D eigenvalue weighted by Gasteiger charge is -2.31. The topological polar surface area (TPSA) is 102 Å². The van der Waals surface area contributed by atoms with E-state index >= 15 is 0 Å². The highest BCUT2D eigenvalue weighted by atomic mass is 16.5.